The van der Waals surface area contributed by atoms with Crippen molar-refractivity contribution in [2.24, 2.45) is 0 Å². The predicted octanol–water partition coefficient (Wildman–Crippen LogP) is 1.23. The number of rotatable bonds is 4. The zero-order valence-corrected chi connectivity index (χ0v) is 11.2. The van der Waals surface area contributed by atoms with Gasteiger partial charge in [0.15, 0.2) is 0 Å². The summed E-state index contributed by atoms with van der Waals surface area (Å²) in [6.45, 7) is 3.16. The maximum atomic E-state index is 12.2. The van der Waals surface area contributed by atoms with E-state index in [1.165, 1.54) is 11.0 Å². The molecule has 1 atom stereocenters. The average molecular weight is 279 g/mol. The van der Waals surface area contributed by atoms with Gasteiger partial charge in [0.05, 0.1) is 11.0 Å². The third kappa shape index (κ3) is 2.88. The van der Waals surface area contributed by atoms with Gasteiger partial charge >= 0.3 is 0 Å². The third-order valence-electron chi connectivity index (χ3n) is 3.26. The molecule has 0 radical (unpaired) electrons. The number of nitrogens with zero attached hydrogens (tertiary/aromatic N) is 2. The number of nitro groups is 1. The zero-order chi connectivity index (χ0) is 14.7. The van der Waals surface area contributed by atoms with E-state index in [-0.39, 0.29) is 23.7 Å². The summed E-state index contributed by atoms with van der Waals surface area (Å²) in [5.41, 5.74) is 0.556. The summed E-state index contributed by atoms with van der Waals surface area (Å²) in [4.78, 5) is 24.3. The highest BCUT2D eigenvalue weighted by Gasteiger charge is 2.27. The number of carbonyl (C=O) groups excluding carboxylic acids is 1. The molecule has 7 nitrogen and oxygen atoms in total. The van der Waals surface area contributed by atoms with Crippen LogP contribution in [-0.4, -0.2) is 46.6 Å². The lowest BCUT2D eigenvalue weighted by Crippen LogP contribution is -2.29. The number of anilines is 1. The molecule has 20 heavy (non-hydrogen) atoms. The molecule has 0 aromatic heterocycles. The number of benzene rings is 1. The quantitative estimate of drug-likeness (QED) is 0.638. The number of amides is 1. The van der Waals surface area contributed by atoms with Crippen molar-refractivity contribution in [1.82, 2.24) is 4.90 Å². The van der Waals surface area contributed by atoms with Crippen molar-refractivity contribution in [1.29, 1.82) is 0 Å². The van der Waals surface area contributed by atoms with Crippen LogP contribution in [0.2, 0.25) is 0 Å². The first kappa shape index (κ1) is 14.3. The van der Waals surface area contributed by atoms with Crippen LogP contribution in [0.5, 0.6) is 0 Å². The van der Waals surface area contributed by atoms with Crippen molar-refractivity contribution >= 4 is 17.3 Å². The van der Waals surface area contributed by atoms with E-state index in [1.54, 1.807) is 12.1 Å². The van der Waals surface area contributed by atoms with Crippen LogP contribution in [0.3, 0.4) is 0 Å². The fourth-order valence-corrected chi connectivity index (χ4v) is 2.26. The Bertz CT molecular complexity index is 532. The van der Waals surface area contributed by atoms with Crippen LogP contribution in [0, 0.1) is 10.1 Å². The Kier molecular flexibility index (Phi) is 4.19. The summed E-state index contributed by atoms with van der Waals surface area (Å²) < 4.78 is 0. The molecule has 2 rings (SSSR count). The molecule has 0 saturated carbocycles. The van der Waals surface area contributed by atoms with Gasteiger partial charge in [-0.05, 0) is 25.5 Å². The largest absolute Gasteiger partial charge is 0.391 e. The van der Waals surface area contributed by atoms with E-state index >= 15 is 0 Å². The van der Waals surface area contributed by atoms with Crippen LogP contribution in [0.15, 0.2) is 18.2 Å². The first-order valence-corrected chi connectivity index (χ1v) is 6.52. The number of aliphatic hydroxyl groups is 1. The van der Waals surface area contributed by atoms with Crippen LogP contribution in [0.4, 0.5) is 11.4 Å². The highest BCUT2D eigenvalue weighted by molar-refractivity contribution is 5.96. The van der Waals surface area contributed by atoms with E-state index in [2.05, 4.69) is 5.32 Å². The lowest BCUT2D eigenvalue weighted by atomic mass is 10.1. The molecule has 1 amide bonds. The van der Waals surface area contributed by atoms with Gasteiger partial charge in [0.1, 0.15) is 5.69 Å². The second-order valence-corrected chi connectivity index (χ2v) is 4.71. The molecule has 1 unspecified atom stereocenters. The fourth-order valence-electron chi connectivity index (χ4n) is 2.26. The van der Waals surface area contributed by atoms with Gasteiger partial charge in [0.25, 0.3) is 11.6 Å². The number of hydrogen-bond donors (Lipinski definition) is 2. The van der Waals surface area contributed by atoms with Crippen molar-refractivity contribution in [3.8, 4) is 0 Å². The van der Waals surface area contributed by atoms with Crippen LogP contribution < -0.4 is 5.32 Å². The second kappa shape index (κ2) is 5.87. The smallest absolute Gasteiger partial charge is 0.293 e. The number of hydrogen-bond acceptors (Lipinski definition) is 5. The van der Waals surface area contributed by atoms with Gasteiger partial charge in [-0.2, -0.15) is 0 Å². The molecule has 0 aliphatic carbocycles. The molecule has 1 saturated heterocycles. The van der Waals surface area contributed by atoms with E-state index in [1.807, 2.05) is 6.92 Å². The second-order valence-electron chi connectivity index (χ2n) is 4.71. The van der Waals surface area contributed by atoms with E-state index in [4.69, 9.17) is 0 Å². The Morgan fingerprint density at radius 3 is 2.90 bits per heavy atom. The molecule has 1 aromatic rings. The SMILES string of the molecule is CCNc1ccc(C(=O)N2CCC(O)C2)cc1[N+](=O)[O-]. The minimum atomic E-state index is -0.506. The zero-order valence-electron chi connectivity index (χ0n) is 11.2. The Morgan fingerprint density at radius 1 is 1.60 bits per heavy atom. The summed E-state index contributed by atoms with van der Waals surface area (Å²) in [6.07, 6.45) is 0.0403. The molecule has 1 aliphatic heterocycles. The highest BCUT2D eigenvalue weighted by Crippen LogP contribution is 2.26. The number of β-amino-alcohol motifs (C(OH)–C–C–N with tert-alkyl or cyclic N) is 1. The van der Waals surface area contributed by atoms with Gasteiger partial charge in [-0.1, -0.05) is 0 Å². The van der Waals surface area contributed by atoms with Gasteiger partial charge in [-0.3, -0.25) is 14.9 Å². The van der Waals surface area contributed by atoms with Gasteiger partial charge in [0, 0.05) is 31.3 Å². The van der Waals surface area contributed by atoms with Gasteiger partial charge < -0.3 is 15.3 Å². The van der Waals surface area contributed by atoms with E-state index < -0.39 is 11.0 Å². The number of carbonyl (C=O) groups is 1. The molecular weight excluding hydrogens is 262 g/mol. The topological polar surface area (TPSA) is 95.7 Å². The Labute approximate surface area is 116 Å². The van der Waals surface area contributed by atoms with E-state index in [0.717, 1.165) is 0 Å². The molecule has 1 aromatic carbocycles. The highest BCUT2D eigenvalue weighted by atomic mass is 16.6. The molecule has 1 fully saturated rings. The van der Waals surface area contributed by atoms with Crippen molar-refractivity contribution in [2.45, 2.75) is 19.4 Å². The van der Waals surface area contributed by atoms with Crippen LogP contribution in [-0.2, 0) is 0 Å². The fraction of sp³-hybridized carbons (Fsp3) is 0.462. The summed E-state index contributed by atoms with van der Waals surface area (Å²) >= 11 is 0. The molecule has 0 spiro atoms. The summed E-state index contributed by atoms with van der Waals surface area (Å²) in [7, 11) is 0. The van der Waals surface area contributed by atoms with E-state index in [0.29, 0.717) is 25.2 Å². The van der Waals surface area contributed by atoms with Gasteiger partial charge in [-0.25, -0.2) is 0 Å². The van der Waals surface area contributed by atoms with Crippen molar-refractivity contribution in [3.63, 3.8) is 0 Å². The monoisotopic (exact) mass is 279 g/mol. The molecular formula is C13H17N3O4. The average Bonchev–Trinajstić information content (AvgIpc) is 2.85. The minimum absolute atomic E-state index is 0.113. The minimum Gasteiger partial charge on any atom is -0.391 e. The first-order valence-electron chi connectivity index (χ1n) is 6.52. The van der Waals surface area contributed by atoms with Crippen molar-refractivity contribution in [3.05, 3.63) is 33.9 Å². The van der Waals surface area contributed by atoms with Gasteiger partial charge in [-0.15, -0.1) is 0 Å². The van der Waals surface area contributed by atoms with Crippen LogP contribution >= 0.6 is 0 Å². The number of nitro benzene ring substituents is 1. The van der Waals surface area contributed by atoms with Crippen molar-refractivity contribution < 1.29 is 14.8 Å². The molecule has 108 valence electrons. The Hall–Kier alpha value is -2.15. The maximum absolute atomic E-state index is 12.2. The number of likely N-dealkylation sites (tertiary alicyclic amines) is 1. The normalized spacial score (nSPS) is 18.1. The molecule has 1 heterocycles. The van der Waals surface area contributed by atoms with Crippen molar-refractivity contribution in [2.75, 3.05) is 25.0 Å². The Balaban J connectivity index is 2.26. The first-order chi connectivity index (χ1) is 9.52. The molecule has 0 bridgehead atoms. The number of aliphatic hydroxyl groups excluding tert-OH is 1. The summed E-state index contributed by atoms with van der Waals surface area (Å²) in [5, 5.41) is 23.4. The number of nitrogens with one attached hydrogen (secondary N) is 1. The van der Waals surface area contributed by atoms with Crippen LogP contribution in [0.1, 0.15) is 23.7 Å². The standard InChI is InChI=1S/C13H17N3O4/c1-2-14-11-4-3-9(7-12(11)16(19)20)13(18)15-6-5-10(17)8-15/h3-4,7,10,14,17H,2,5-6,8H2,1H3. The molecule has 2 N–H and O–H groups in total. The Morgan fingerprint density at radius 2 is 2.35 bits per heavy atom. The lowest BCUT2D eigenvalue weighted by molar-refractivity contribution is -0.384. The summed E-state index contributed by atoms with van der Waals surface area (Å²) in [6, 6.07) is 4.39. The summed E-state index contributed by atoms with van der Waals surface area (Å²) in [5.74, 6) is -0.285. The molecule has 1 aliphatic rings. The molecule has 7 heteroatoms. The van der Waals surface area contributed by atoms with Gasteiger partial charge in [0.2, 0.25) is 0 Å². The van der Waals surface area contributed by atoms with Crippen LogP contribution in [0.25, 0.3) is 0 Å². The maximum Gasteiger partial charge on any atom is 0.293 e. The van der Waals surface area contributed by atoms with E-state index in [9.17, 15) is 20.0 Å². The predicted molar refractivity (Wildman–Crippen MR) is 73.8 cm³/mol. The lowest BCUT2D eigenvalue weighted by Gasteiger charge is -2.15. The third-order valence-corrected chi connectivity index (χ3v) is 3.26.